The van der Waals surface area contributed by atoms with E-state index in [-0.39, 0.29) is 0 Å². The molecule has 2 rings (SSSR count). The van der Waals surface area contributed by atoms with E-state index in [1.54, 1.807) is 12.4 Å². The zero-order valence-electron chi connectivity index (χ0n) is 11.8. The van der Waals surface area contributed by atoms with Crippen LogP contribution in [0.25, 0.3) is 0 Å². The van der Waals surface area contributed by atoms with Gasteiger partial charge in [0.15, 0.2) is 0 Å². The van der Waals surface area contributed by atoms with Gasteiger partial charge in [0.1, 0.15) is 11.6 Å². The van der Waals surface area contributed by atoms with Crippen LogP contribution < -0.4 is 11.1 Å². The van der Waals surface area contributed by atoms with E-state index in [0.717, 1.165) is 31.9 Å². The van der Waals surface area contributed by atoms with E-state index in [1.165, 1.54) is 5.56 Å². The second kappa shape index (κ2) is 7.45. The normalized spacial score (nSPS) is 10.7. The number of anilines is 2. The minimum Gasteiger partial charge on any atom is -0.382 e. The summed E-state index contributed by atoms with van der Waals surface area (Å²) in [7, 11) is 2.13. The largest absolute Gasteiger partial charge is 0.382 e. The highest BCUT2D eigenvalue weighted by molar-refractivity contribution is 5.38. The fourth-order valence-electron chi connectivity index (χ4n) is 2.01. The number of nitrogens with zero attached hydrogens (tertiary/aromatic N) is 3. The highest BCUT2D eigenvalue weighted by Crippen LogP contribution is 2.04. The second-order valence-corrected chi connectivity index (χ2v) is 4.83. The average Bonchev–Trinajstić information content (AvgIpc) is 2.45. The third-order valence-corrected chi connectivity index (χ3v) is 2.97. The van der Waals surface area contributed by atoms with E-state index in [9.17, 15) is 0 Å². The van der Waals surface area contributed by atoms with Gasteiger partial charge in [-0.15, -0.1) is 0 Å². The first kappa shape index (κ1) is 14.3. The molecule has 0 radical (unpaired) electrons. The number of nitrogens with one attached hydrogen (secondary N) is 1. The number of benzene rings is 1. The van der Waals surface area contributed by atoms with E-state index in [1.807, 2.05) is 6.07 Å². The molecule has 0 spiro atoms. The first-order chi connectivity index (χ1) is 9.74. The number of hydrogen-bond acceptors (Lipinski definition) is 5. The van der Waals surface area contributed by atoms with Crippen LogP contribution in [0.15, 0.2) is 42.7 Å². The molecule has 0 atom stereocenters. The first-order valence-electron chi connectivity index (χ1n) is 6.78. The van der Waals surface area contributed by atoms with E-state index >= 15 is 0 Å². The molecule has 20 heavy (non-hydrogen) atoms. The van der Waals surface area contributed by atoms with Crippen LogP contribution in [-0.4, -0.2) is 35.0 Å². The predicted molar refractivity (Wildman–Crippen MR) is 82.3 cm³/mol. The Kier molecular flexibility index (Phi) is 5.32. The van der Waals surface area contributed by atoms with Crippen molar-refractivity contribution in [1.29, 1.82) is 0 Å². The Morgan fingerprint density at radius 3 is 2.75 bits per heavy atom. The maximum Gasteiger partial charge on any atom is 0.146 e. The summed E-state index contributed by atoms with van der Waals surface area (Å²) in [4.78, 5) is 10.4. The molecule has 0 bridgehead atoms. The summed E-state index contributed by atoms with van der Waals surface area (Å²) in [6, 6.07) is 10.5. The molecule has 0 fully saturated rings. The van der Waals surface area contributed by atoms with Crippen LogP contribution in [0.5, 0.6) is 0 Å². The third kappa shape index (κ3) is 4.85. The van der Waals surface area contributed by atoms with Gasteiger partial charge in [0.25, 0.3) is 0 Å². The number of hydrogen-bond donors (Lipinski definition) is 2. The van der Waals surface area contributed by atoms with Crippen molar-refractivity contribution < 1.29 is 0 Å². The quantitative estimate of drug-likeness (QED) is 0.754. The summed E-state index contributed by atoms with van der Waals surface area (Å²) >= 11 is 0. The minimum absolute atomic E-state index is 0.441. The van der Waals surface area contributed by atoms with E-state index in [4.69, 9.17) is 5.73 Å². The molecule has 0 aliphatic heterocycles. The molecule has 2 aromatic rings. The minimum atomic E-state index is 0.441. The standard InChI is InChI=1S/C15H21N5/c1-20(12-13-6-3-2-4-7-13)9-5-8-18-15-11-17-10-14(16)19-15/h2-4,6-7,10-11H,5,8-9,12H2,1H3,(H3,16,18,19). The van der Waals surface area contributed by atoms with Gasteiger partial charge in [-0.25, -0.2) is 4.98 Å². The second-order valence-electron chi connectivity index (χ2n) is 4.83. The van der Waals surface area contributed by atoms with Crippen LogP contribution in [0.4, 0.5) is 11.6 Å². The van der Waals surface area contributed by atoms with Crippen LogP contribution in [0.2, 0.25) is 0 Å². The van der Waals surface area contributed by atoms with Crippen LogP contribution in [-0.2, 0) is 6.54 Å². The van der Waals surface area contributed by atoms with Gasteiger partial charge in [0.2, 0.25) is 0 Å². The average molecular weight is 271 g/mol. The van der Waals surface area contributed by atoms with E-state index < -0.39 is 0 Å². The summed E-state index contributed by atoms with van der Waals surface area (Å²) in [5, 5.41) is 3.22. The molecule has 0 unspecified atom stereocenters. The molecule has 0 saturated heterocycles. The number of aromatic nitrogens is 2. The Morgan fingerprint density at radius 1 is 1.20 bits per heavy atom. The molecular weight excluding hydrogens is 250 g/mol. The van der Waals surface area contributed by atoms with Crippen LogP contribution >= 0.6 is 0 Å². The lowest BCUT2D eigenvalue weighted by Crippen LogP contribution is -2.21. The van der Waals surface area contributed by atoms with E-state index in [0.29, 0.717) is 5.82 Å². The Labute approximate surface area is 119 Å². The predicted octanol–water partition coefficient (Wildman–Crippen LogP) is 1.99. The summed E-state index contributed by atoms with van der Waals surface area (Å²) in [5.41, 5.74) is 6.91. The van der Waals surface area contributed by atoms with Crippen molar-refractivity contribution in [3.63, 3.8) is 0 Å². The van der Waals surface area contributed by atoms with Gasteiger partial charge in [-0.3, -0.25) is 4.98 Å². The molecule has 0 aliphatic rings. The lowest BCUT2D eigenvalue weighted by atomic mass is 10.2. The lowest BCUT2D eigenvalue weighted by Gasteiger charge is -2.16. The van der Waals surface area contributed by atoms with Gasteiger partial charge in [0, 0.05) is 13.1 Å². The monoisotopic (exact) mass is 271 g/mol. The van der Waals surface area contributed by atoms with Crippen molar-refractivity contribution in [2.45, 2.75) is 13.0 Å². The summed E-state index contributed by atoms with van der Waals surface area (Å²) in [6.07, 6.45) is 4.27. The Balaban J connectivity index is 1.66. The molecule has 5 heteroatoms. The fourth-order valence-corrected chi connectivity index (χ4v) is 2.01. The topological polar surface area (TPSA) is 67.1 Å². The fraction of sp³-hybridized carbons (Fsp3) is 0.333. The van der Waals surface area contributed by atoms with Gasteiger partial charge < -0.3 is 16.0 Å². The van der Waals surface area contributed by atoms with Crippen molar-refractivity contribution in [3.8, 4) is 0 Å². The van der Waals surface area contributed by atoms with E-state index in [2.05, 4.69) is 51.5 Å². The first-order valence-corrected chi connectivity index (χ1v) is 6.78. The van der Waals surface area contributed by atoms with Crippen molar-refractivity contribution in [2.75, 3.05) is 31.2 Å². The van der Waals surface area contributed by atoms with Gasteiger partial charge in [-0.05, 0) is 25.6 Å². The molecule has 5 nitrogen and oxygen atoms in total. The Morgan fingerprint density at radius 2 is 2.00 bits per heavy atom. The number of nitrogens with two attached hydrogens (primary N) is 1. The summed E-state index contributed by atoms with van der Waals surface area (Å²) in [5.74, 6) is 1.17. The molecule has 1 aromatic carbocycles. The van der Waals surface area contributed by atoms with Crippen molar-refractivity contribution in [1.82, 2.24) is 14.9 Å². The summed E-state index contributed by atoms with van der Waals surface area (Å²) in [6.45, 7) is 2.85. The third-order valence-electron chi connectivity index (χ3n) is 2.97. The van der Waals surface area contributed by atoms with Gasteiger partial charge in [0.05, 0.1) is 12.4 Å². The van der Waals surface area contributed by atoms with Crippen molar-refractivity contribution >= 4 is 11.6 Å². The lowest BCUT2D eigenvalue weighted by molar-refractivity contribution is 0.325. The number of rotatable bonds is 7. The zero-order valence-corrected chi connectivity index (χ0v) is 11.8. The SMILES string of the molecule is CN(CCCNc1cncc(N)n1)Cc1ccccc1. The van der Waals surface area contributed by atoms with Gasteiger partial charge >= 0.3 is 0 Å². The molecule has 0 saturated carbocycles. The molecule has 0 aliphatic carbocycles. The summed E-state index contributed by atoms with van der Waals surface area (Å²) < 4.78 is 0. The van der Waals surface area contributed by atoms with Crippen LogP contribution in [0.1, 0.15) is 12.0 Å². The Bertz CT molecular complexity index is 515. The van der Waals surface area contributed by atoms with Crippen molar-refractivity contribution in [3.05, 3.63) is 48.3 Å². The smallest absolute Gasteiger partial charge is 0.146 e. The molecule has 1 aromatic heterocycles. The molecular formula is C15H21N5. The highest BCUT2D eigenvalue weighted by Gasteiger charge is 2.00. The maximum absolute atomic E-state index is 5.58. The van der Waals surface area contributed by atoms with Gasteiger partial charge in [-0.2, -0.15) is 0 Å². The Hall–Kier alpha value is -2.14. The zero-order chi connectivity index (χ0) is 14.2. The molecule has 3 N–H and O–H groups in total. The van der Waals surface area contributed by atoms with Crippen LogP contribution in [0, 0.1) is 0 Å². The van der Waals surface area contributed by atoms with Crippen LogP contribution in [0.3, 0.4) is 0 Å². The molecule has 0 amide bonds. The highest BCUT2D eigenvalue weighted by atomic mass is 15.1. The van der Waals surface area contributed by atoms with Crippen molar-refractivity contribution in [2.24, 2.45) is 0 Å². The number of nitrogen functional groups attached to an aromatic ring is 1. The molecule has 1 heterocycles. The maximum atomic E-state index is 5.58. The van der Waals surface area contributed by atoms with Gasteiger partial charge in [-0.1, -0.05) is 30.3 Å². The molecule has 106 valence electrons.